The van der Waals surface area contributed by atoms with E-state index in [0.29, 0.717) is 6.04 Å². The molecule has 3 unspecified atom stereocenters. The van der Waals surface area contributed by atoms with E-state index in [4.69, 9.17) is 4.84 Å². The number of hydrogen-bond donors (Lipinski definition) is 2. The van der Waals surface area contributed by atoms with E-state index < -0.39 is 0 Å². The molecule has 4 heteroatoms. The Hall–Kier alpha value is -0.610. The average molecular weight is 254 g/mol. The fourth-order valence-electron chi connectivity index (χ4n) is 2.98. The summed E-state index contributed by atoms with van der Waals surface area (Å²) in [4.78, 5) is 17.4. The standard InChI is InChI=1S/C14H26N2O2/c1-14(2,3)18-16-13(17)12-9-8-10-6-4-5-7-11(10)15-12/h10-12,15H,4-9H2,1-3H3,(H,16,17). The lowest BCUT2D eigenvalue weighted by atomic mass is 9.77. The lowest BCUT2D eigenvalue weighted by molar-refractivity contribution is -0.149. The highest BCUT2D eigenvalue weighted by atomic mass is 16.7. The highest BCUT2D eigenvalue weighted by Gasteiger charge is 2.34. The van der Waals surface area contributed by atoms with Crippen LogP contribution in [0.4, 0.5) is 0 Å². The molecule has 1 amide bonds. The van der Waals surface area contributed by atoms with E-state index in [1.807, 2.05) is 20.8 Å². The normalized spacial score (nSPS) is 32.7. The predicted molar refractivity (Wildman–Crippen MR) is 70.9 cm³/mol. The SMILES string of the molecule is CC(C)(C)ONC(=O)C1CCC2CCCCC2N1. The maximum Gasteiger partial charge on any atom is 0.260 e. The molecular weight excluding hydrogens is 228 g/mol. The molecule has 3 atom stereocenters. The van der Waals surface area contributed by atoms with E-state index in [1.54, 1.807) is 0 Å². The smallest absolute Gasteiger partial charge is 0.260 e. The Morgan fingerprint density at radius 3 is 2.61 bits per heavy atom. The van der Waals surface area contributed by atoms with Crippen LogP contribution < -0.4 is 10.8 Å². The van der Waals surface area contributed by atoms with Gasteiger partial charge in [0.15, 0.2) is 0 Å². The lowest BCUT2D eigenvalue weighted by Gasteiger charge is -2.40. The molecule has 1 aliphatic carbocycles. The molecule has 1 aliphatic heterocycles. The third-order valence-corrected chi connectivity index (χ3v) is 3.92. The summed E-state index contributed by atoms with van der Waals surface area (Å²) >= 11 is 0. The first-order chi connectivity index (χ1) is 8.46. The maximum absolute atomic E-state index is 12.0. The molecule has 2 aliphatic rings. The number of amides is 1. The summed E-state index contributed by atoms with van der Waals surface area (Å²) in [5.74, 6) is 0.764. The zero-order chi connectivity index (χ0) is 13.2. The summed E-state index contributed by atoms with van der Waals surface area (Å²) in [6.45, 7) is 5.79. The van der Waals surface area contributed by atoms with Crippen molar-refractivity contribution in [3.63, 3.8) is 0 Å². The van der Waals surface area contributed by atoms with Crippen molar-refractivity contribution in [3.8, 4) is 0 Å². The molecule has 104 valence electrons. The number of nitrogens with one attached hydrogen (secondary N) is 2. The molecule has 2 fully saturated rings. The van der Waals surface area contributed by atoms with E-state index in [0.717, 1.165) is 12.3 Å². The van der Waals surface area contributed by atoms with Crippen molar-refractivity contribution in [2.75, 3.05) is 0 Å². The minimum Gasteiger partial charge on any atom is -0.303 e. The Labute approximate surface area is 110 Å². The Balaban J connectivity index is 1.81. The fraction of sp³-hybridized carbons (Fsp3) is 0.929. The second kappa shape index (κ2) is 5.57. The van der Waals surface area contributed by atoms with Crippen LogP contribution in [0.15, 0.2) is 0 Å². The minimum atomic E-state index is -0.336. The van der Waals surface area contributed by atoms with Crippen molar-refractivity contribution in [3.05, 3.63) is 0 Å². The zero-order valence-corrected chi connectivity index (χ0v) is 11.8. The van der Waals surface area contributed by atoms with Crippen molar-refractivity contribution < 1.29 is 9.63 Å². The molecule has 4 nitrogen and oxygen atoms in total. The van der Waals surface area contributed by atoms with E-state index in [1.165, 1.54) is 32.1 Å². The van der Waals surface area contributed by atoms with Crippen LogP contribution in [0.25, 0.3) is 0 Å². The van der Waals surface area contributed by atoms with E-state index in [-0.39, 0.29) is 17.6 Å². The van der Waals surface area contributed by atoms with Crippen LogP contribution in [-0.2, 0) is 9.63 Å². The highest BCUT2D eigenvalue weighted by Crippen LogP contribution is 2.32. The van der Waals surface area contributed by atoms with Gasteiger partial charge in [-0.3, -0.25) is 9.63 Å². The third-order valence-electron chi connectivity index (χ3n) is 3.92. The first-order valence-electron chi connectivity index (χ1n) is 7.19. The first-order valence-corrected chi connectivity index (χ1v) is 7.19. The maximum atomic E-state index is 12.0. The molecule has 0 aromatic rings. The summed E-state index contributed by atoms with van der Waals surface area (Å²) in [7, 11) is 0. The molecule has 1 saturated carbocycles. The quantitative estimate of drug-likeness (QED) is 0.742. The topological polar surface area (TPSA) is 50.4 Å². The Morgan fingerprint density at radius 1 is 1.17 bits per heavy atom. The molecule has 0 spiro atoms. The zero-order valence-electron chi connectivity index (χ0n) is 11.8. The molecule has 0 aromatic carbocycles. The minimum absolute atomic E-state index is 0.0195. The van der Waals surface area contributed by atoms with Crippen molar-refractivity contribution in [2.45, 2.75) is 77.0 Å². The van der Waals surface area contributed by atoms with Gasteiger partial charge in [-0.15, -0.1) is 0 Å². The van der Waals surface area contributed by atoms with Crippen LogP contribution in [0.2, 0.25) is 0 Å². The van der Waals surface area contributed by atoms with Gasteiger partial charge in [0.2, 0.25) is 0 Å². The van der Waals surface area contributed by atoms with Crippen LogP contribution in [-0.4, -0.2) is 23.6 Å². The summed E-state index contributed by atoms with van der Waals surface area (Å²) < 4.78 is 0. The summed E-state index contributed by atoms with van der Waals surface area (Å²) in [6, 6.07) is 0.463. The Bertz CT molecular complexity index is 299. The highest BCUT2D eigenvalue weighted by molar-refractivity contribution is 5.80. The molecule has 0 radical (unpaired) electrons. The number of piperidine rings is 1. The van der Waals surface area contributed by atoms with Crippen LogP contribution in [0.1, 0.15) is 59.3 Å². The summed E-state index contributed by atoms with van der Waals surface area (Å²) in [5, 5.41) is 3.50. The van der Waals surface area contributed by atoms with Gasteiger partial charge >= 0.3 is 0 Å². The average Bonchev–Trinajstić information content (AvgIpc) is 2.34. The van der Waals surface area contributed by atoms with Crippen molar-refractivity contribution in [2.24, 2.45) is 5.92 Å². The van der Waals surface area contributed by atoms with Gasteiger partial charge in [-0.1, -0.05) is 12.8 Å². The van der Waals surface area contributed by atoms with Gasteiger partial charge in [-0.2, -0.15) is 0 Å². The Morgan fingerprint density at radius 2 is 1.89 bits per heavy atom. The van der Waals surface area contributed by atoms with Crippen molar-refractivity contribution >= 4 is 5.91 Å². The molecule has 1 saturated heterocycles. The van der Waals surface area contributed by atoms with Gasteiger partial charge < -0.3 is 5.32 Å². The largest absolute Gasteiger partial charge is 0.303 e. The van der Waals surface area contributed by atoms with Gasteiger partial charge in [-0.05, 0) is 52.4 Å². The lowest BCUT2D eigenvalue weighted by Crippen LogP contribution is -2.55. The van der Waals surface area contributed by atoms with E-state index in [9.17, 15) is 4.79 Å². The molecule has 2 rings (SSSR count). The van der Waals surface area contributed by atoms with Gasteiger partial charge in [0.1, 0.15) is 0 Å². The molecule has 0 bridgehead atoms. The summed E-state index contributed by atoms with van der Waals surface area (Å²) in [6.07, 6.45) is 7.29. The number of hydrogen-bond acceptors (Lipinski definition) is 3. The monoisotopic (exact) mass is 254 g/mol. The first kappa shape index (κ1) is 13.8. The van der Waals surface area contributed by atoms with Crippen LogP contribution in [0.5, 0.6) is 0 Å². The van der Waals surface area contributed by atoms with Crippen molar-refractivity contribution in [1.82, 2.24) is 10.8 Å². The second-order valence-electron chi connectivity index (χ2n) is 6.63. The van der Waals surface area contributed by atoms with E-state index >= 15 is 0 Å². The van der Waals surface area contributed by atoms with Crippen LogP contribution in [0.3, 0.4) is 0 Å². The molecule has 2 N–H and O–H groups in total. The van der Waals surface area contributed by atoms with Gasteiger partial charge in [0, 0.05) is 6.04 Å². The Kier molecular flexibility index (Phi) is 4.28. The third kappa shape index (κ3) is 3.69. The van der Waals surface area contributed by atoms with Gasteiger partial charge in [0.25, 0.3) is 5.91 Å². The van der Waals surface area contributed by atoms with Gasteiger partial charge in [-0.25, -0.2) is 5.48 Å². The molecule has 18 heavy (non-hydrogen) atoms. The number of carbonyl (C=O) groups is 1. The predicted octanol–water partition coefficient (Wildman–Crippen LogP) is 2.14. The van der Waals surface area contributed by atoms with Crippen LogP contribution in [0, 0.1) is 5.92 Å². The summed E-state index contributed by atoms with van der Waals surface area (Å²) in [5.41, 5.74) is 2.25. The number of hydroxylamine groups is 1. The fourth-order valence-corrected chi connectivity index (χ4v) is 2.98. The van der Waals surface area contributed by atoms with Crippen LogP contribution >= 0.6 is 0 Å². The number of fused-ring (bicyclic) bond motifs is 1. The molecule has 0 aromatic heterocycles. The van der Waals surface area contributed by atoms with Gasteiger partial charge in [0.05, 0.1) is 11.6 Å². The van der Waals surface area contributed by atoms with E-state index in [2.05, 4.69) is 10.8 Å². The second-order valence-corrected chi connectivity index (χ2v) is 6.63. The van der Waals surface area contributed by atoms with Crippen molar-refractivity contribution in [1.29, 1.82) is 0 Å². The number of carbonyl (C=O) groups excluding carboxylic acids is 1. The number of rotatable bonds is 2. The molecular formula is C14H26N2O2. The molecule has 1 heterocycles.